The van der Waals surface area contributed by atoms with Crippen LogP contribution in [0, 0.1) is 12.8 Å². The third-order valence-corrected chi connectivity index (χ3v) is 4.62. The Morgan fingerprint density at radius 1 is 1.27 bits per heavy atom. The number of amides is 1. The summed E-state index contributed by atoms with van der Waals surface area (Å²) in [4.78, 5) is 23.2. The molecular formula is C18H25NO3. The summed E-state index contributed by atoms with van der Waals surface area (Å²) in [6, 6.07) is 8.35. The Labute approximate surface area is 131 Å². The van der Waals surface area contributed by atoms with E-state index in [-0.39, 0.29) is 23.8 Å². The van der Waals surface area contributed by atoms with E-state index in [0.717, 1.165) is 12.8 Å². The number of benzene rings is 1. The van der Waals surface area contributed by atoms with E-state index in [4.69, 9.17) is 5.11 Å². The molecule has 22 heavy (non-hydrogen) atoms. The second kappa shape index (κ2) is 7.43. The van der Waals surface area contributed by atoms with Crippen LogP contribution >= 0.6 is 0 Å². The predicted octanol–water partition coefficient (Wildman–Crippen LogP) is 3.25. The molecule has 0 spiro atoms. The Hall–Kier alpha value is -1.84. The fraction of sp³-hybridized carbons (Fsp3) is 0.556. The minimum atomic E-state index is -0.747. The molecule has 1 aromatic rings. The minimum absolute atomic E-state index is 0.0177. The number of hydrogen-bond donors (Lipinski definition) is 2. The Morgan fingerprint density at radius 3 is 2.50 bits per heavy atom. The molecule has 0 saturated heterocycles. The monoisotopic (exact) mass is 303 g/mol. The van der Waals surface area contributed by atoms with Gasteiger partial charge in [-0.3, -0.25) is 9.59 Å². The number of carboxylic acid groups (broad SMARTS) is 1. The van der Waals surface area contributed by atoms with Crippen LogP contribution in [0.2, 0.25) is 0 Å². The van der Waals surface area contributed by atoms with Crippen molar-refractivity contribution in [1.82, 2.24) is 5.32 Å². The molecule has 1 amide bonds. The van der Waals surface area contributed by atoms with Gasteiger partial charge in [-0.15, -0.1) is 0 Å². The average Bonchev–Trinajstić information content (AvgIpc) is 2.94. The fourth-order valence-corrected chi connectivity index (χ4v) is 3.18. The van der Waals surface area contributed by atoms with E-state index in [0.29, 0.717) is 19.3 Å². The lowest BCUT2D eigenvalue weighted by Gasteiger charge is -2.18. The van der Waals surface area contributed by atoms with Gasteiger partial charge in [-0.05, 0) is 44.1 Å². The molecule has 0 radical (unpaired) electrons. The van der Waals surface area contributed by atoms with Crippen LogP contribution in [0.3, 0.4) is 0 Å². The van der Waals surface area contributed by atoms with Crippen molar-refractivity contribution in [3.63, 3.8) is 0 Å². The SMILES string of the molecule is CCC(CC(=O)N[C@@H]1CC[C@H](C(=O)O)C1)c1ccc(C)cc1. The molecule has 4 heteroatoms. The molecule has 1 aromatic carbocycles. The number of nitrogens with one attached hydrogen (secondary N) is 1. The van der Waals surface area contributed by atoms with E-state index in [1.54, 1.807) is 0 Å². The second-order valence-electron chi connectivity index (χ2n) is 6.33. The molecule has 0 aromatic heterocycles. The number of aryl methyl sites for hydroxylation is 1. The van der Waals surface area contributed by atoms with E-state index in [9.17, 15) is 9.59 Å². The summed E-state index contributed by atoms with van der Waals surface area (Å²) < 4.78 is 0. The summed E-state index contributed by atoms with van der Waals surface area (Å²) in [7, 11) is 0. The zero-order valence-corrected chi connectivity index (χ0v) is 13.3. The van der Waals surface area contributed by atoms with Crippen LogP contribution < -0.4 is 5.32 Å². The molecule has 4 nitrogen and oxygen atoms in total. The predicted molar refractivity (Wildman–Crippen MR) is 85.7 cm³/mol. The maximum Gasteiger partial charge on any atom is 0.306 e. The molecule has 1 aliphatic carbocycles. The minimum Gasteiger partial charge on any atom is -0.481 e. The van der Waals surface area contributed by atoms with Crippen molar-refractivity contribution in [3.8, 4) is 0 Å². The fourth-order valence-electron chi connectivity index (χ4n) is 3.18. The third-order valence-electron chi connectivity index (χ3n) is 4.62. The first-order valence-corrected chi connectivity index (χ1v) is 8.08. The van der Waals surface area contributed by atoms with Gasteiger partial charge in [0.1, 0.15) is 0 Å². The molecule has 2 rings (SSSR count). The summed E-state index contributed by atoms with van der Waals surface area (Å²) >= 11 is 0. The summed E-state index contributed by atoms with van der Waals surface area (Å²) in [5.41, 5.74) is 2.41. The van der Waals surface area contributed by atoms with Gasteiger partial charge < -0.3 is 10.4 Å². The van der Waals surface area contributed by atoms with Gasteiger partial charge >= 0.3 is 5.97 Å². The van der Waals surface area contributed by atoms with Gasteiger partial charge in [-0.2, -0.15) is 0 Å². The van der Waals surface area contributed by atoms with Crippen LogP contribution in [0.25, 0.3) is 0 Å². The maximum absolute atomic E-state index is 12.2. The molecule has 0 heterocycles. The first-order chi connectivity index (χ1) is 10.5. The highest BCUT2D eigenvalue weighted by Gasteiger charge is 2.30. The zero-order valence-electron chi connectivity index (χ0n) is 13.3. The molecule has 1 fully saturated rings. The molecule has 0 aliphatic heterocycles. The number of aliphatic carboxylic acids is 1. The molecule has 1 unspecified atom stereocenters. The van der Waals surface area contributed by atoms with Crippen LogP contribution in [0.4, 0.5) is 0 Å². The van der Waals surface area contributed by atoms with Gasteiger partial charge in [0.15, 0.2) is 0 Å². The molecule has 120 valence electrons. The van der Waals surface area contributed by atoms with Crippen LogP contribution in [0.1, 0.15) is 56.1 Å². The normalized spacial score (nSPS) is 22.3. The standard InChI is InChI=1S/C18H25NO3/c1-3-13(14-6-4-12(2)5-7-14)11-17(20)19-16-9-8-15(10-16)18(21)22/h4-7,13,15-16H,3,8-11H2,1-2H3,(H,19,20)(H,21,22)/t13?,15-,16+/m0/s1. The van der Waals surface area contributed by atoms with Crippen molar-refractivity contribution in [2.75, 3.05) is 0 Å². The summed E-state index contributed by atoms with van der Waals surface area (Å²) in [6.07, 6.45) is 3.37. The highest BCUT2D eigenvalue weighted by atomic mass is 16.4. The van der Waals surface area contributed by atoms with Gasteiger partial charge in [-0.1, -0.05) is 36.8 Å². The number of hydrogen-bond acceptors (Lipinski definition) is 2. The van der Waals surface area contributed by atoms with E-state index < -0.39 is 5.97 Å². The number of carbonyl (C=O) groups is 2. The third kappa shape index (κ3) is 4.33. The lowest BCUT2D eigenvalue weighted by Crippen LogP contribution is -2.34. The van der Waals surface area contributed by atoms with E-state index in [2.05, 4.69) is 43.4 Å². The van der Waals surface area contributed by atoms with Crippen molar-refractivity contribution in [2.45, 2.75) is 57.9 Å². The lowest BCUT2D eigenvalue weighted by molar-refractivity contribution is -0.141. The number of rotatable bonds is 6. The number of carbonyl (C=O) groups excluding carboxylic acids is 1. The molecule has 0 bridgehead atoms. The zero-order chi connectivity index (χ0) is 16.1. The Balaban J connectivity index is 1.87. The molecule has 2 N–H and O–H groups in total. The van der Waals surface area contributed by atoms with Gasteiger partial charge in [0, 0.05) is 12.5 Å². The van der Waals surface area contributed by atoms with E-state index in [1.807, 2.05) is 0 Å². The smallest absolute Gasteiger partial charge is 0.306 e. The molecule has 1 saturated carbocycles. The summed E-state index contributed by atoms with van der Waals surface area (Å²) in [5.74, 6) is -0.798. The molecule has 3 atom stereocenters. The van der Waals surface area contributed by atoms with Gasteiger partial charge in [0.25, 0.3) is 0 Å². The van der Waals surface area contributed by atoms with Gasteiger partial charge in [-0.25, -0.2) is 0 Å². The average molecular weight is 303 g/mol. The first kappa shape index (κ1) is 16.5. The van der Waals surface area contributed by atoms with Crippen molar-refractivity contribution >= 4 is 11.9 Å². The topological polar surface area (TPSA) is 66.4 Å². The maximum atomic E-state index is 12.2. The van der Waals surface area contributed by atoms with E-state index in [1.165, 1.54) is 11.1 Å². The van der Waals surface area contributed by atoms with Crippen LogP contribution in [-0.2, 0) is 9.59 Å². The van der Waals surface area contributed by atoms with Crippen LogP contribution in [0.5, 0.6) is 0 Å². The molecular weight excluding hydrogens is 278 g/mol. The van der Waals surface area contributed by atoms with Crippen LogP contribution in [0.15, 0.2) is 24.3 Å². The Bertz CT molecular complexity index is 524. The van der Waals surface area contributed by atoms with Crippen molar-refractivity contribution in [2.24, 2.45) is 5.92 Å². The largest absolute Gasteiger partial charge is 0.481 e. The molecule has 1 aliphatic rings. The summed E-state index contributed by atoms with van der Waals surface area (Å²) in [6.45, 7) is 4.14. The quantitative estimate of drug-likeness (QED) is 0.847. The number of carboxylic acids is 1. The highest BCUT2D eigenvalue weighted by Crippen LogP contribution is 2.27. The Morgan fingerprint density at radius 2 is 1.95 bits per heavy atom. The highest BCUT2D eigenvalue weighted by molar-refractivity contribution is 5.77. The van der Waals surface area contributed by atoms with Crippen LogP contribution in [-0.4, -0.2) is 23.0 Å². The lowest BCUT2D eigenvalue weighted by atomic mass is 9.92. The van der Waals surface area contributed by atoms with Crippen molar-refractivity contribution < 1.29 is 14.7 Å². The van der Waals surface area contributed by atoms with Gasteiger partial charge in [0.05, 0.1) is 5.92 Å². The Kier molecular flexibility index (Phi) is 5.58. The first-order valence-electron chi connectivity index (χ1n) is 8.08. The van der Waals surface area contributed by atoms with Crippen molar-refractivity contribution in [1.29, 1.82) is 0 Å². The second-order valence-corrected chi connectivity index (χ2v) is 6.33. The van der Waals surface area contributed by atoms with Crippen molar-refractivity contribution in [3.05, 3.63) is 35.4 Å². The van der Waals surface area contributed by atoms with Gasteiger partial charge in [0.2, 0.25) is 5.91 Å². The van der Waals surface area contributed by atoms with E-state index >= 15 is 0 Å². The summed E-state index contributed by atoms with van der Waals surface area (Å²) in [5, 5.41) is 12.0.